The average Bonchev–Trinajstić information content (AvgIpc) is 2.46. The molecule has 19 heavy (non-hydrogen) atoms. The Labute approximate surface area is 116 Å². The second kappa shape index (κ2) is 7.61. The first kappa shape index (κ1) is 14.5. The molecule has 1 saturated carbocycles. The molecule has 1 aromatic rings. The molecule has 1 fully saturated rings. The summed E-state index contributed by atoms with van der Waals surface area (Å²) in [6.07, 6.45) is 9.37. The minimum Gasteiger partial charge on any atom is -0.377 e. The van der Waals surface area contributed by atoms with Crippen molar-refractivity contribution in [3.63, 3.8) is 0 Å². The van der Waals surface area contributed by atoms with E-state index in [4.69, 9.17) is 10.5 Å². The molecule has 0 aliphatic heterocycles. The zero-order valence-electron chi connectivity index (χ0n) is 11.9. The fraction of sp³-hybridized carbons (Fsp3) is 0.688. The van der Waals surface area contributed by atoms with Crippen LogP contribution in [0.15, 0.2) is 24.4 Å². The molecular weight excluding hydrogens is 236 g/mol. The van der Waals surface area contributed by atoms with E-state index >= 15 is 0 Å². The van der Waals surface area contributed by atoms with Crippen LogP contribution in [-0.4, -0.2) is 23.7 Å². The van der Waals surface area contributed by atoms with E-state index in [9.17, 15) is 0 Å². The van der Waals surface area contributed by atoms with Gasteiger partial charge in [-0.1, -0.05) is 25.3 Å². The van der Waals surface area contributed by atoms with Crippen molar-refractivity contribution < 1.29 is 4.74 Å². The number of nitrogens with zero attached hydrogens (tertiary/aromatic N) is 1. The Morgan fingerprint density at radius 1 is 1.32 bits per heavy atom. The normalized spacial score (nSPS) is 20.1. The van der Waals surface area contributed by atoms with Crippen molar-refractivity contribution in [2.45, 2.75) is 57.6 Å². The lowest BCUT2D eigenvalue weighted by Crippen LogP contribution is -2.44. The highest BCUT2D eigenvalue weighted by Gasteiger charge is 2.29. The standard InChI is InChI=1S/C16H26N2O/c1-2-19-16(13-8-4-3-5-9-13)15(17)12-14-10-6-7-11-18-14/h6-7,10-11,13,15-16H,2-5,8-9,12,17H2,1H3. The number of hydrogen-bond donors (Lipinski definition) is 1. The smallest absolute Gasteiger partial charge is 0.0757 e. The van der Waals surface area contributed by atoms with Gasteiger partial charge in [0.2, 0.25) is 0 Å². The van der Waals surface area contributed by atoms with Crippen LogP contribution in [0.4, 0.5) is 0 Å². The molecule has 0 saturated heterocycles. The third kappa shape index (κ3) is 4.29. The highest BCUT2D eigenvalue weighted by Crippen LogP contribution is 2.29. The van der Waals surface area contributed by atoms with Gasteiger partial charge in [-0.25, -0.2) is 0 Å². The van der Waals surface area contributed by atoms with Gasteiger partial charge in [0.15, 0.2) is 0 Å². The predicted molar refractivity (Wildman–Crippen MR) is 77.9 cm³/mol. The number of hydrogen-bond acceptors (Lipinski definition) is 3. The van der Waals surface area contributed by atoms with Gasteiger partial charge >= 0.3 is 0 Å². The topological polar surface area (TPSA) is 48.1 Å². The largest absolute Gasteiger partial charge is 0.377 e. The summed E-state index contributed by atoms with van der Waals surface area (Å²) in [5.41, 5.74) is 7.47. The molecule has 106 valence electrons. The fourth-order valence-corrected chi connectivity index (χ4v) is 3.14. The molecule has 1 aliphatic carbocycles. The highest BCUT2D eigenvalue weighted by molar-refractivity contribution is 5.06. The van der Waals surface area contributed by atoms with Gasteiger partial charge in [-0.15, -0.1) is 0 Å². The van der Waals surface area contributed by atoms with Gasteiger partial charge in [-0.3, -0.25) is 4.98 Å². The molecule has 1 aliphatic rings. The van der Waals surface area contributed by atoms with Gasteiger partial charge in [-0.05, 0) is 37.8 Å². The van der Waals surface area contributed by atoms with E-state index in [0.29, 0.717) is 5.92 Å². The van der Waals surface area contributed by atoms with Crippen LogP contribution in [0, 0.1) is 5.92 Å². The summed E-state index contributed by atoms with van der Waals surface area (Å²) in [6, 6.07) is 6.06. The molecule has 0 amide bonds. The maximum Gasteiger partial charge on any atom is 0.0757 e. The molecular formula is C16H26N2O. The van der Waals surface area contributed by atoms with Gasteiger partial charge in [0.1, 0.15) is 0 Å². The fourth-order valence-electron chi connectivity index (χ4n) is 3.14. The lowest BCUT2D eigenvalue weighted by molar-refractivity contribution is -0.00929. The summed E-state index contributed by atoms with van der Waals surface area (Å²) < 4.78 is 5.96. The third-order valence-electron chi connectivity index (χ3n) is 4.07. The minimum atomic E-state index is 0.0537. The van der Waals surface area contributed by atoms with Gasteiger partial charge < -0.3 is 10.5 Å². The number of nitrogens with two attached hydrogens (primary N) is 1. The van der Waals surface area contributed by atoms with Gasteiger partial charge in [0, 0.05) is 31.0 Å². The molecule has 1 aromatic heterocycles. The Bertz CT molecular complexity index is 349. The average molecular weight is 262 g/mol. The molecule has 1 heterocycles. The Balaban J connectivity index is 1.97. The van der Waals surface area contributed by atoms with Gasteiger partial charge in [0.25, 0.3) is 0 Å². The molecule has 0 bridgehead atoms. The van der Waals surface area contributed by atoms with Crippen LogP contribution in [0.2, 0.25) is 0 Å². The maximum atomic E-state index is 6.40. The van der Waals surface area contributed by atoms with E-state index in [1.54, 1.807) is 0 Å². The van der Waals surface area contributed by atoms with E-state index in [0.717, 1.165) is 18.7 Å². The summed E-state index contributed by atoms with van der Waals surface area (Å²) in [5.74, 6) is 0.632. The van der Waals surface area contributed by atoms with Crippen LogP contribution in [0.1, 0.15) is 44.7 Å². The van der Waals surface area contributed by atoms with E-state index < -0.39 is 0 Å². The lowest BCUT2D eigenvalue weighted by Gasteiger charge is -2.33. The number of aromatic nitrogens is 1. The number of ether oxygens (including phenoxy) is 1. The molecule has 2 unspecified atom stereocenters. The highest BCUT2D eigenvalue weighted by atomic mass is 16.5. The van der Waals surface area contributed by atoms with E-state index in [2.05, 4.69) is 11.9 Å². The Kier molecular flexibility index (Phi) is 5.80. The quantitative estimate of drug-likeness (QED) is 0.857. The second-order valence-corrected chi connectivity index (χ2v) is 5.51. The van der Waals surface area contributed by atoms with Crippen molar-refractivity contribution in [2.75, 3.05) is 6.61 Å². The van der Waals surface area contributed by atoms with Crippen LogP contribution >= 0.6 is 0 Å². The van der Waals surface area contributed by atoms with Crippen molar-refractivity contribution in [2.24, 2.45) is 11.7 Å². The molecule has 2 atom stereocenters. The molecule has 0 spiro atoms. The summed E-state index contributed by atoms with van der Waals surface area (Å²) in [5, 5.41) is 0. The molecule has 3 heteroatoms. The van der Waals surface area contributed by atoms with Crippen LogP contribution in [0.25, 0.3) is 0 Å². The van der Waals surface area contributed by atoms with E-state index in [1.807, 2.05) is 24.4 Å². The van der Waals surface area contributed by atoms with Crippen molar-refractivity contribution in [3.8, 4) is 0 Å². The zero-order chi connectivity index (χ0) is 13.5. The number of pyridine rings is 1. The Morgan fingerprint density at radius 2 is 2.11 bits per heavy atom. The molecule has 2 rings (SSSR count). The molecule has 3 nitrogen and oxygen atoms in total. The van der Waals surface area contributed by atoms with Crippen LogP contribution in [0.5, 0.6) is 0 Å². The predicted octanol–water partition coefficient (Wildman–Crippen LogP) is 2.94. The number of rotatable bonds is 6. The van der Waals surface area contributed by atoms with Gasteiger partial charge in [-0.2, -0.15) is 0 Å². The van der Waals surface area contributed by atoms with Crippen molar-refractivity contribution >= 4 is 0 Å². The maximum absolute atomic E-state index is 6.40. The monoisotopic (exact) mass is 262 g/mol. The molecule has 0 aromatic carbocycles. The first-order valence-electron chi connectivity index (χ1n) is 7.58. The lowest BCUT2D eigenvalue weighted by atomic mass is 9.81. The zero-order valence-corrected chi connectivity index (χ0v) is 11.9. The first-order valence-corrected chi connectivity index (χ1v) is 7.58. The molecule has 0 radical (unpaired) electrons. The third-order valence-corrected chi connectivity index (χ3v) is 4.07. The minimum absolute atomic E-state index is 0.0537. The first-order chi connectivity index (χ1) is 9.31. The van der Waals surface area contributed by atoms with Crippen molar-refractivity contribution in [1.82, 2.24) is 4.98 Å². The second-order valence-electron chi connectivity index (χ2n) is 5.51. The Morgan fingerprint density at radius 3 is 2.74 bits per heavy atom. The summed E-state index contributed by atoms with van der Waals surface area (Å²) in [7, 11) is 0. The summed E-state index contributed by atoms with van der Waals surface area (Å²) >= 11 is 0. The van der Waals surface area contributed by atoms with Crippen LogP contribution in [0.3, 0.4) is 0 Å². The van der Waals surface area contributed by atoms with Crippen LogP contribution < -0.4 is 5.73 Å². The van der Waals surface area contributed by atoms with Crippen molar-refractivity contribution in [1.29, 1.82) is 0 Å². The van der Waals surface area contributed by atoms with E-state index in [-0.39, 0.29) is 12.1 Å². The Hall–Kier alpha value is -0.930. The molecule has 2 N–H and O–H groups in total. The summed E-state index contributed by atoms with van der Waals surface area (Å²) in [4.78, 5) is 4.37. The summed E-state index contributed by atoms with van der Waals surface area (Å²) in [6.45, 7) is 2.81. The SMILES string of the molecule is CCOC(C(N)Cc1ccccn1)C1CCCCC1. The van der Waals surface area contributed by atoms with Crippen LogP contribution in [-0.2, 0) is 11.2 Å². The van der Waals surface area contributed by atoms with Crippen molar-refractivity contribution in [3.05, 3.63) is 30.1 Å². The van der Waals surface area contributed by atoms with E-state index in [1.165, 1.54) is 32.1 Å². The van der Waals surface area contributed by atoms with Gasteiger partial charge in [0.05, 0.1) is 6.10 Å².